The van der Waals surface area contributed by atoms with Gasteiger partial charge in [0.05, 0.1) is 0 Å². The molecule has 2 heteroatoms. The van der Waals surface area contributed by atoms with Crippen LogP contribution >= 0.6 is 0 Å². The predicted octanol–water partition coefficient (Wildman–Crippen LogP) is 7.34. The first-order chi connectivity index (χ1) is 11.1. The first-order valence-electron chi connectivity index (χ1n) is 9.21. The van der Waals surface area contributed by atoms with E-state index in [-0.39, 0.29) is 39.9 Å². The van der Waals surface area contributed by atoms with E-state index in [1.807, 2.05) is 0 Å². The Hall–Kier alpha value is 0.242. The van der Waals surface area contributed by atoms with Crippen molar-refractivity contribution in [1.82, 2.24) is 0 Å². The van der Waals surface area contributed by atoms with Gasteiger partial charge < -0.3 is 13.1 Å². The average Bonchev–Trinajstić information content (AvgIpc) is 2.77. The summed E-state index contributed by atoms with van der Waals surface area (Å²) in [5, 5.41) is 0. The van der Waals surface area contributed by atoms with Crippen LogP contribution < -0.4 is 0 Å². The van der Waals surface area contributed by atoms with E-state index < -0.39 is 8.07 Å². The molecule has 0 radical (unpaired) electrons. The first kappa shape index (κ1) is 28.5. The van der Waals surface area contributed by atoms with Crippen LogP contribution in [0.1, 0.15) is 55.6 Å². The van der Waals surface area contributed by atoms with Gasteiger partial charge >= 0.3 is 0 Å². The van der Waals surface area contributed by atoms with E-state index in [0.29, 0.717) is 0 Å². The van der Waals surface area contributed by atoms with Crippen LogP contribution in [0, 0.1) is 122 Å². The van der Waals surface area contributed by atoms with Crippen LogP contribution in [0.5, 0.6) is 0 Å². The predicted molar refractivity (Wildman–Crippen MR) is 120 cm³/mol. The Balaban J connectivity index is 0. The van der Waals surface area contributed by atoms with E-state index in [9.17, 15) is 0 Å². The molecule has 0 aliphatic rings. The Bertz CT molecular complexity index is 483. The Labute approximate surface area is 197 Å². The standard InChI is InChI=1S/2C10H15.C4H10Si.Th/c2*1-6-7(2)9(4)10(5)8(6)3;1-5(2,3)4;/h2*1-5H3;1-2H2,3-4H3;/q2*-1;-2;. The summed E-state index contributed by atoms with van der Waals surface area (Å²) in [5.74, 6) is 0. The minimum atomic E-state index is -1.11. The van der Waals surface area contributed by atoms with E-state index >= 15 is 0 Å². The topological polar surface area (TPSA) is 0 Å². The Morgan fingerprint density at radius 3 is 0.692 bits per heavy atom. The van der Waals surface area contributed by atoms with E-state index in [4.69, 9.17) is 0 Å². The molecule has 0 atom stereocenters. The molecule has 0 heterocycles. The average molecular weight is 589 g/mol. The minimum absolute atomic E-state index is 0. The van der Waals surface area contributed by atoms with E-state index in [1.54, 1.807) is 0 Å². The third kappa shape index (κ3) is 8.09. The van der Waals surface area contributed by atoms with Crippen molar-refractivity contribution in [2.45, 2.75) is 82.3 Å². The molecule has 0 fully saturated rings. The third-order valence-corrected chi connectivity index (χ3v) is 5.62. The van der Waals surface area contributed by atoms with Gasteiger partial charge in [0.1, 0.15) is 0 Å². The fourth-order valence-corrected chi connectivity index (χ4v) is 2.81. The monoisotopic (exact) mass is 588 g/mol. The van der Waals surface area contributed by atoms with Gasteiger partial charge in [0.2, 0.25) is 0 Å². The zero-order chi connectivity index (χ0) is 20.3. The maximum Gasteiger partial charge on any atom is 0 e. The number of hydrogen-bond acceptors (Lipinski definition) is 0. The second-order valence-electron chi connectivity index (χ2n) is 8.41. The smallest absolute Gasteiger partial charge is 0 e. The van der Waals surface area contributed by atoms with Crippen LogP contribution in [-0.4, -0.2) is 8.07 Å². The summed E-state index contributed by atoms with van der Waals surface area (Å²) in [6, 6.07) is 0. The van der Waals surface area contributed by atoms with Gasteiger partial charge in [-0.3, -0.25) is 8.07 Å². The summed E-state index contributed by atoms with van der Waals surface area (Å²) in [6.07, 6.45) is 0. The van der Waals surface area contributed by atoms with Crippen molar-refractivity contribution in [2.24, 2.45) is 0 Å². The molecule has 2 aromatic rings. The van der Waals surface area contributed by atoms with Gasteiger partial charge in [-0.05, 0) is 0 Å². The molecule has 0 amide bonds. The summed E-state index contributed by atoms with van der Waals surface area (Å²) in [5.41, 5.74) is 14.7. The summed E-state index contributed by atoms with van der Waals surface area (Å²) in [6.45, 7) is 33.8. The summed E-state index contributed by atoms with van der Waals surface area (Å²) >= 11 is 0. The molecule has 0 bridgehead atoms. The molecule has 2 rings (SSSR count). The van der Waals surface area contributed by atoms with Crippen LogP contribution in [0.2, 0.25) is 13.1 Å². The maximum absolute atomic E-state index is 3.80. The molecule has 0 aliphatic heterocycles. The Kier molecular flexibility index (Phi) is 12.4. The van der Waals surface area contributed by atoms with Crippen LogP contribution in [0.25, 0.3) is 0 Å². The van der Waals surface area contributed by atoms with E-state index in [2.05, 4.69) is 95.4 Å². The quantitative estimate of drug-likeness (QED) is 0.223. The van der Waals surface area contributed by atoms with Crippen molar-refractivity contribution in [3.05, 3.63) is 68.7 Å². The molecule has 2 aromatic carbocycles. The zero-order valence-corrected chi connectivity index (χ0v) is 24.5. The molecular weight excluding hydrogens is 548 g/mol. The van der Waals surface area contributed by atoms with E-state index in [1.165, 1.54) is 55.6 Å². The van der Waals surface area contributed by atoms with Gasteiger partial charge in [-0.15, -0.1) is 13.1 Å². The molecule has 0 unspecified atom stereocenters. The Morgan fingerprint density at radius 1 is 0.538 bits per heavy atom. The first-order valence-corrected chi connectivity index (χ1v) is 12.6. The summed E-state index contributed by atoms with van der Waals surface area (Å²) in [7, 11) is -1.11. The normalized spacial score (nSPS) is 10.4. The molecule has 0 nitrogen and oxygen atoms in total. The summed E-state index contributed by atoms with van der Waals surface area (Å²) in [4.78, 5) is 0. The molecule has 148 valence electrons. The SMILES string of the molecule is Cc1c(C)c(C)[c-](C)c1C.Cc1c(C)c(C)[c-](C)c1C.[CH2-][Si]([CH2-])(C)C.[Th]. The van der Waals surface area contributed by atoms with Gasteiger partial charge in [0, 0.05) is 39.9 Å². The van der Waals surface area contributed by atoms with Crippen molar-refractivity contribution in [2.75, 3.05) is 0 Å². The van der Waals surface area contributed by atoms with Crippen LogP contribution in [0.15, 0.2) is 0 Å². The molecule has 0 spiro atoms. The van der Waals surface area contributed by atoms with Crippen LogP contribution in [0.4, 0.5) is 0 Å². The van der Waals surface area contributed by atoms with Crippen molar-refractivity contribution in [3.63, 3.8) is 0 Å². The minimum Gasteiger partial charge on any atom is -0.366 e. The molecule has 0 aromatic heterocycles. The third-order valence-electron chi connectivity index (χ3n) is 5.62. The van der Waals surface area contributed by atoms with Crippen molar-refractivity contribution in [1.29, 1.82) is 0 Å². The zero-order valence-electron chi connectivity index (χ0n) is 19.4. The molecule has 0 N–H and O–H groups in total. The van der Waals surface area contributed by atoms with Gasteiger partial charge in [0.15, 0.2) is 0 Å². The second kappa shape index (κ2) is 11.3. The maximum atomic E-state index is 3.80. The molecule has 0 saturated heterocycles. The molecular formula is C24H40SiTh-4. The fraction of sp³-hybridized carbons (Fsp3) is 0.500. The number of rotatable bonds is 0. The van der Waals surface area contributed by atoms with Gasteiger partial charge in [-0.2, -0.15) is 55.6 Å². The fourth-order valence-electron chi connectivity index (χ4n) is 2.81. The van der Waals surface area contributed by atoms with Crippen molar-refractivity contribution < 1.29 is 39.9 Å². The molecule has 26 heavy (non-hydrogen) atoms. The van der Waals surface area contributed by atoms with Crippen LogP contribution in [0.3, 0.4) is 0 Å². The van der Waals surface area contributed by atoms with Gasteiger partial charge in [-0.25, -0.2) is 0 Å². The van der Waals surface area contributed by atoms with E-state index in [0.717, 1.165) is 0 Å². The van der Waals surface area contributed by atoms with Crippen molar-refractivity contribution in [3.8, 4) is 0 Å². The number of hydrogen-bond donors (Lipinski definition) is 0. The molecule has 0 saturated carbocycles. The molecule has 0 aliphatic carbocycles. The second-order valence-corrected chi connectivity index (χ2v) is 12.7. The summed E-state index contributed by atoms with van der Waals surface area (Å²) < 4.78 is 0. The largest absolute Gasteiger partial charge is 0.366 e. The van der Waals surface area contributed by atoms with Crippen LogP contribution in [-0.2, 0) is 0 Å². The van der Waals surface area contributed by atoms with Gasteiger partial charge in [-0.1, -0.05) is 69.2 Å². The van der Waals surface area contributed by atoms with Crippen molar-refractivity contribution >= 4 is 8.07 Å². The Morgan fingerprint density at radius 2 is 0.654 bits per heavy atom. The van der Waals surface area contributed by atoms with Gasteiger partial charge in [0.25, 0.3) is 0 Å².